The molecule has 0 atom stereocenters. The Morgan fingerprint density at radius 3 is 2.50 bits per heavy atom. The Balaban J connectivity index is 2.31. The van der Waals surface area contributed by atoms with Gasteiger partial charge >= 0.3 is 0 Å². The van der Waals surface area contributed by atoms with E-state index in [0.717, 1.165) is 18.7 Å². The van der Waals surface area contributed by atoms with Crippen LogP contribution in [0.1, 0.15) is 64.0 Å². The number of rotatable bonds is 4. The molecule has 0 aliphatic heterocycles. The van der Waals surface area contributed by atoms with Crippen LogP contribution in [-0.2, 0) is 10.3 Å². The molecular weight excluding hydrogens is 228 g/mol. The highest BCUT2D eigenvalue weighted by Gasteiger charge is 2.28. The van der Waals surface area contributed by atoms with Gasteiger partial charge in [0.1, 0.15) is 11.4 Å². The lowest BCUT2D eigenvalue weighted by Gasteiger charge is -2.23. The second-order valence-electron chi connectivity index (χ2n) is 5.30. The molecule has 2 N–H and O–H groups in total. The fourth-order valence-corrected chi connectivity index (χ4v) is 2.47. The minimum atomic E-state index is -0.515. The average Bonchev–Trinajstić information content (AvgIpc) is 2.81. The molecule has 1 aromatic rings. The number of nitrogen functional groups attached to an aromatic ring is 1. The fraction of sp³-hybridized carbons (Fsp3) is 0.769. The smallest absolute Gasteiger partial charge is 0.223 e. The highest BCUT2D eigenvalue weighted by atomic mass is 16.5. The van der Waals surface area contributed by atoms with Crippen molar-refractivity contribution < 1.29 is 4.74 Å². The topological polar surface area (TPSA) is 73.9 Å². The van der Waals surface area contributed by atoms with Gasteiger partial charge in [-0.2, -0.15) is 9.97 Å². The summed E-state index contributed by atoms with van der Waals surface area (Å²) in [4.78, 5) is 13.1. The van der Waals surface area contributed by atoms with Crippen molar-refractivity contribution in [1.82, 2.24) is 15.0 Å². The highest BCUT2D eigenvalue weighted by Crippen LogP contribution is 2.33. The van der Waals surface area contributed by atoms with E-state index in [9.17, 15) is 0 Å². The van der Waals surface area contributed by atoms with Gasteiger partial charge in [-0.25, -0.2) is 4.98 Å². The van der Waals surface area contributed by atoms with Crippen molar-refractivity contribution in [2.75, 3.05) is 12.3 Å². The zero-order valence-corrected chi connectivity index (χ0v) is 11.4. The number of hydrogen-bond donors (Lipinski definition) is 1. The minimum Gasteiger partial charge on any atom is -0.368 e. The minimum absolute atomic E-state index is 0.301. The molecule has 1 aliphatic rings. The van der Waals surface area contributed by atoms with Gasteiger partial charge in [-0.15, -0.1) is 0 Å². The summed E-state index contributed by atoms with van der Waals surface area (Å²) in [7, 11) is 0. The Kier molecular flexibility index (Phi) is 3.80. The summed E-state index contributed by atoms with van der Waals surface area (Å²) < 4.78 is 5.68. The van der Waals surface area contributed by atoms with Crippen molar-refractivity contribution in [3.63, 3.8) is 0 Å². The third kappa shape index (κ3) is 2.77. The van der Waals surface area contributed by atoms with Crippen molar-refractivity contribution in [3.8, 4) is 0 Å². The first-order valence-corrected chi connectivity index (χ1v) is 6.69. The van der Waals surface area contributed by atoms with Gasteiger partial charge in [-0.05, 0) is 33.6 Å². The van der Waals surface area contributed by atoms with Crippen LogP contribution in [0.5, 0.6) is 0 Å². The van der Waals surface area contributed by atoms with Gasteiger partial charge in [-0.1, -0.05) is 12.8 Å². The number of nitrogens with zero attached hydrogens (tertiary/aromatic N) is 3. The zero-order chi connectivity index (χ0) is 13.2. The van der Waals surface area contributed by atoms with Crippen molar-refractivity contribution in [3.05, 3.63) is 11.6 Å². The van der Waals surface area contributed by atoms with Crippen LogP contribution in [0, 0.1) is 0 Å². The standard InChI is InChI=1S/C13H22N4O/c1-4-18-13(2,3)11-15-10(16-12(14)17-11)9-7-5-6-8-9/h9H,4-8H2,1-3H3,(H2,14,15,16,17). The molecule has 0 saturated heterocycles. The molecular formula is C13H22N4O. The lowest BCUT2D eigenvalue weighted by molar-refractivity contribution is -0.0210. The summed E-state index contributed by atoms with van der Waals surface area (Å²) in [6, 6.07) is 0. The monoisotopic (exact) mass is 250 g/mol. The molecule has 0 aromatic carbocycles. The van der Waals surface area contributed by atoms with Gasteiger partial charge in [0.15, 0.2) is 5.82 Å². The van der Waals surface area contributed by atoms with Gasteiger partial charge in [0.2, 0.25) is 5.95 Å². The van der Waals surface area contributed by atoms with Crippen LogP contribution in [0.3, 0.4) is 0 Å². The Morgan fingerprint density at radius 1 is 1.22 bits per heavy atom. The van der Waals surface area contributed by atoms with Gasteiger partial charge in [0.05, 0.1) is 0 Å². The fourth-order valence-electron chi connectivity index (χ4n) is 2.47. The molecule has 100 valence electrons. The molecule has 5 heteroatoms. The zero-order valence-electron chi connectivity index (χ0n) is 11.4. The molecule has 0 amide bonds. The van der Waals surface area contributed by atoms with Crippen LogP contribution in [0.25, 0.3) is 0 Å². The molecule has 1 aromatic heterocycles. The van der Waals surface area contributed by atoms with Gasteiger partial charge in [0.25, 0.3) is 0 Å². The van der Waals surface area contributed by atoms with Crippen LogP contribution >= 0.6 is 0 Å². The van der Waals surface area contributed by atoms with Crippen molar-refractivity contribution in [2.45, 2.75) is 58.0 Å². The lowest BCUT2D eigenvalue weighted by Crippen LogP contribution is -2.26. The summed E-state index contributed by atoms with van der Waals surface area (Å²) in [6.07, 6.45) is 4.80. The average molecular weight is 250 g/mol. The summed E-state index contributed by atoms with van der Waals surface area (Å²) in [6.45, 7) is 6.51. The maximum Gasteiger partial charge on any atom is 0.223 e. The molecule has 0 bridgehead atoms. The molecule has 1 fully saturated rings. The lowest BCUT2D eigenvalue weighted by atomic mass is 10.1. The Hall–Kier alpha value is -1.23. The maximum absolute atomic E-state index is 5.80. The Morgan fingerprint density at radius 2 is 1.89 bits per heavy atom. The van der Waals surface area contributed by atoms with E-state index < -0.39 is 5.60 Å². The predicted molar refractivity (Wildman–Crippen MR) is 70.1 cm³/mol. The second-order valence-corrected chi connectivity index (χ2v) is 5.30. The molecule has 0 radical (unpaired) electrons. The molecule has 0 spiro atoms. The number of aromatic nitrogens is 3. The van der Waals surface area contributed by atoms with E-state index in [1.165, 1.54) is 12.8 Å². The third-order valence-corrected chi connectivity index (χ3v) is 3.43. The number of ether oxygens (including phenoxy) is 1. The van der Waals surface area contributed by atoms with Crippen molar-refractivity contribution in [2.24, 2.45) is 0 Å². The van der Waals surface area contributed by atoms with Crippen LogP contribution < -0.4 is 5.73 Å². The largest absolute Gasteiger partial charge is 0.368 e. The van der Waals surface area contributed by atoms with E-state index in [1.807, 2.05) is 20.8 Å². The van der Waals surface area contributed by atoms with E-state index in [1.54, 1.807) is 0 Å². The highest BCUT2D eigenvalue weighted by molar-refractivity contribution is 5.20. The van der Waals surface area contributed by atoms with Gasteiger partial charge in [0, 0.05) is 12.5 Å². The molecule has 1 heterocycles. The molecule has 5 nitrogen and oxygen atoms in total. The molecule has 2 rings (SSSR count). The summed E-state index contributed by atoms with van der Waals surface area (Å²) in [5.41, 5.74) is 5.29. The first-order valence-electron chi connectivity index (χ1n) is 6.69. The van der Waals surface area contributed by atoms with Crippen LogP contribution in [0.4, 0.5) is 5.95 Å². The van der Waals surface area contributed by atoms with E-state index in [0.29, 0.717) is 24.3 Å². The van der Waals surface area contributed by atoms with E-state index in [4.69, 9.17) is 10.5 Å². The first kappa shape index (κ1) is 13.2. The first-order chi connectivity index (χ1) is 8.53. The van der Waals surface area contributed by atoms with E-state index >= 15 is 0 Å². The summed E-state index contributed by atoms with van der Waals surface area (Å²) in [5, 5.41) is 0. The normalized spacial score (nSPS) is 17.3. The van der Waals surface area contributed by atoms with Crippen molar-refractivity contribution in [1.29, 1.82) is 0 Å². The van der Waals surface area contributed by atoms with Gasteiger partial charge < -0.3 is 10.5 Å². The molecule has 0 unspecified atom stereocenters. The molecule has 1 aliphatic carbocycles. The van der Waals surface area contributed by atoms with Gasteiger partial charge in [-0.3, -0.25) is 0 Å². The second kappa shape index (κ2) is 5.18. The summed E-state index contributed by atoms with van der Waals surface area (Å²) in [5.74, 6) is 2.21. The van der Waals surface area contributed by atoms with Crippen LogP contribution in [0.2, 0.25) is 0 Å². The molecule has 18 heavy (non-hydrogen) atoms. The van der Waals surface area contributed by atoms with E-state index in [2.05, 4.69) is 15.0 Å². The molecule has 1 saturated carbocycles. The Bertz CT molecular complexity index is 413. The third-order valence-electron chi connectivity index (χ3n) is 3.43. The Labute approximate surface area is 108 Å². The predicted octanol–water partition coefficient (Wildman–Crippen LogP) is 2.38. The van der Waals surface area contributed by atoms with Crippen LogP contribution in [0.15, 0.2) is 0 Å². The van der Waals surface area contributed by atoms with Crippen molar-refractivity contribution >= 4 is 5.95 Å². The van der Waals surface area contributed by atoms with E-state index in [-0.39, 0.29) is 0 Å². The SMILES string of the molecule is CCOC(C)(C)c1nc(N)nc(C2CCCC2)n1. The maximum atomic E-state index is 5.80. The number of anilines is 1. The van der Waals surface area contributed by atoms with Crippen LogP contribution in [-0.4, -0.2) is 21.6 Å². The number of nitrogens with two attached hydrogens (primary N) is 1. The summed E-state index contributed by atoms with van der Waals surface area (Å²) >= 11 is 0. The quantitative estimate of drug-likeness (QED) is 0.888. The number of hydrogen-bond acceptors (Lipinski definition) is 5.